The number of benzene rings is 1. The number of nitrogens with two attached hydrogens (primary N) is 1. The van der Waals surface area contributed by atoms with Crippen LogP contribution in [0.5, 0.6) is 0 Å². The third-order valence-electron chi connectivity index (χ3n) is 1.17. The number of hydrogen-bond acceptors (Lipinski definition) is 2. The summed E-state index contributed by atoms with van der Waals surface area (Å²) < 4.78 is 0. The zero-order chi connectivity index (χ0) is 8.27. The lowest BCUT2D eigenvalue weighted by Gasteiger charge is -1.98. The topological polar surface area (TPSA) is 82.8 Å². The van der Waals surface area contributed by atoms with Crippen LogP contribution in [0.1, 0.15) is 0 Å². The number of carbonyl (C=O) groups is 1. The molecule has 1 aromatic rings. The van der Waals surface area contributed by atoms with Crippen molar-refractivity contribution in [3.05, 3.63) is 24.3 Å². The molecule has 0 saturated carbocycles. The molecule has 0 fully saturated rings. The van der Waals surface area contributed by atoms with Crippen LogP contribution in [-0.2, 0) is 0 Å². The maximum atomic E-state index is 10.5. The summed E-state index contributed by atoms with van der Waals surface area (Å²) in [4.78, 5) is 10.5. The Morgan fingerprint density at radius 3 is 2.67 bits per heavy atom. The molecular weight excluding hydrogens is 178 g/mol. The molecule has 0 atom stereocenters. The van der Waals surface area contributed by atoms with Gasteiger partial charge in [0.15, 0.2) is 0 Å². The van der Waals surface area contributed by atoms with Gasteiger partial charge in [-0.3, -0.25) is 11.1 Å². The summed E-state index contributed by atoms with van der Waals surface area (Å²) in [5.74, 6) is 0. The summed E-state index contributed by atoms with van der Waals surface area (Å²) in [6.07, 6.45) is 0. The van der Waals surface area contributed by atoms with E-state index in [0.717, 1.165) is 0 Å². The Balaban J connectivity index is 0.00000121. The van der Waals surface area contributed by atoms with Crippen LogP contribution in [0, 0.1) is 0 Å². The van der Waals surface area contributed by atoms with Gasteiger partial charge >= 0.3 is 6.03 Å². The number of nitrogen functional groups attached to an aromatic ring is 1. The van der Waals surface area contributed by atoms with Gasteiger partial charge in [0.1, 0.15) is 0 Å². The number of amides is 2. The molecule has 6 N–H and O–H groups in total. The van der Waals surface area contributed by atoms with E-state index in [0.29, 0.717) is 11.4 Å². The van der Waals surface area contributed by atoms with Crippen molar-refractivity contribution >= 4 is 17.4 Å². The molecule has 0 heterocycles. The molecule has 1 rings (SSSR count). The lowest BCUT2D eigenvalue weighted by molar-refractivity contribution is -0.242. The van der Waals surface area contributed by atoms with E-state index in [2.05, 4.69) is 11.1 Å². The van der Waals surface area contributed by atoms with Gasteiger partial charge in [0.25, 0.3) is 0 Å². The van der Waals surface area contributed by atoms with E-state index >= 15 is 0 Å². The third kappa shape index (κ3) is 3.23. The van der Waals surface area contributed by atoms with Crippen molar-refractivity contribution in [1.29, 1.82) is 0 Å². The van der Waals surface area contributed by atoms with E-state index in [4.69, 9.17) is 5.73 Å². The van der Waals surface area contributed by atoms with Gasteiger partial charge in [-0.05, 0) is 18.2 Å². The number of rotatable bonds is 1. The van der Waals surface area contributed by atoms with Gasteiger partial charge < -0.3 is 18.1 Å². The monoisotopic (exact) mass is 187 g/mol. The van der Waals surface area contributed by atoms with Gasteiger partial charge in [-0.15, -0.1) is 0 Å². The first-order valence-corrected chi connectivity index (χ1v) is 3.17. The SMILES string of the molecule is Nc1cccc(NC([NH3+])=O)c1.[Cl-]. The molecule has 1 aromatic carbocycles. The Bertz CT molecular complexity index is 277. The van der Waals surface area contributed by atoms with Crippen LogP contribution in [0.2, 0.25) is 0 Å². The minimum atomic E-state index is -0.337. The van der Waals surface area contributed by atoms with Crippen molar-refractivity contribution in [2.45, 2.75) is 0 Å². The molecule has 0 bridgehead atoms. The van der Waals surface area contributed by atoms with Gasteiger partial charge in [0.2, 0.25) is 0 Å². The molecule has 0 radical (unpaired) electrons. The van der Waals surface area contributed by atoms with E-state index in [9.17, 15) is 4.79 Å². The highest BCUT2D eigenvalue weighted by Crippen LogP contribution is 2.10. The fraction of sp³-hybridized carbons (Fsp3) is 0. The molecule has 0 unspecified atom stereocenters. The first-order chi connectivity index (χ1) is 5.18. The summed E-state index contributed by atoms with van der Waals surface area (Å²) in [5.41, 5.74) is 9.93. The molecule has 2 amide bonds. The Morgan fingerprint density at radius 1 is 1.50 bits per heavy atom. The van der Waals surface area contributed by atoms with Crippen molar-refractivity contribution in [3.63, 3.8) is 0 Å². The summed E-state index contributed by atoms with van der Waals surface area (Å²) in [6.45, 7) is 0. The number of hydrogen-bond donors (Lipinski definition) is 3. The number of quaternary nitrogens is 1. The number of nitrogens with one attached hydrogen (secondary N) is 1. The molecule has 0 aliphatic heterocycles. The zero-order valence-electron chi connectivity index (χ0n) is 6.38. The molecule has 0 aromatic heterocycles. The molecule has 5 heteroatoms. The molecular formula is C7H10ClN3O. The minimum absolute atomic E-state index is 0. The fourth-order valence-corrected chi connectivity index (χ4v) is 0.777. The second-order valence-electron chi connectivity index (χ2n) is 2.17. The van der Waals surface area contributed by atoms with Gasteiger partial charge in [-0.2, -0.15) is 0 Å². The van der Waals surface area contributed by atoms with E-state index < -0.39 is 0 Å². The van der Waals surface area contributed by atoms with Crippen molar-refractivity contribution in [2.24, 2.45) is 0 Å². The largest absolute Gasteiger partial charge is 1.00 e. The van der Waals surface area contributed by atoms with E-state index in [-0.39, 0.29) is 18.4 Å². The van der Waals surface area contributed by atoms with Crippen LogP contribution in [0.25, 0.3) is 0 Å². The lowest BCUT2D eigenvalue weighted by atomic mass is 10.3. The van der Waals surface area contributed by atoms with Gasteiger partial charge in [-0.1, -0.05) is 6.07 Å². The average Bonchev–Trinajstić information content (AvgIpc) is 1.85. The normalized spacial score (nSPS) is 8.42. The summed E-state index contributed by atoms with van der Waals surface area (Å²) in [6, 6.07) is 6.60. The quantitative estimate of drug-likeness (QED) is 0.411. The number of halogens is 1. The summed E-state index contributed by atoms with van der Waals surface area (Å²) in [7, 11) is 0. The Hall–Kier alpha value is -1.26. The van der Waals surface area contributed by atoms with Crippen LogP contribution in [-0.4, -0.2) is 6.03 Å². The first-order valence-electron chi connectivity index (χ1n) is 3.17. The van der Waals surface area contributed by atoms with Gasteiger partial charge in [-0.25, -0.2) is 4.79 Å². The van der Waals surface area contributed by atoms with Crippen LogP contribution in [0.15, 0.2) is 24.3 Å². The number of carbonyl (C=O) groups excluding carboxylic acids is 1. The predicted molar refractivity (Wildman–Crippen MR) is 42.8 cm³/mol. The van der Waals surface area contributed by atoms with Crippen LogP contribution < -0.4 is 29.2 Å². The molecule has 0 aliphatic carbocycles. The molecule has 66 valence electrons. The predicted octanol–water partition coefficient (Wildman–Crippen LogP) is -2.95. The standard InChI is InChI=1S/C7H9N3O.ClH/c8-5-2-1-3-6(4-5)10-7(9)11;/h1-4H,8H2,(H3,9,10,11);1H. The second-order valence-corrected chi connectivity index (χ2v) is 2.17. The fourth-order valence-electron chi connectivity index (χ4n) is 0.777. The molecule has 4 nitrogen and oxygen atoms in total. The van der Waals surface area contributed by atoms with E-state index in [1.54, 1.807) is 24.3 Å². The summed E-state index contributed by atoms with van der Waals surface area (Å²) >= 11 is 0. The number of anilines is 2. The maximum absolute atomic E-state index is 10.5. The smallest absolute Gasteiger partial charge is 0.416 e. The first kappa shape index (κ1) is 10.7. The molecule has 0 aliphatic rings. The molecule has 0 saturated heterocycles. The van der Waals surface area contributed by atoms with Crippen molar-refractivity contribution in [1.82, 2.24) is 0 Å². The lowest BCUT2D eigenvalue weighted by Crippen LogP contribution is -3.00. The van der Waals surface area contributed by atoms with E-state index in [1.165, 1.54) is 0 Å². The highest BCUT2D eigenvalue weighted by atomic mass is 35.5. The van der Waals surface area contributed by atoms with Gasteiger partial charge in [0.05, 0.1) is 0 Å². The highest BCUT2D eigenvalue weighted by Gasteiger charge is 1.97. The second kappa shape index (κ2) is 4.58. The van der Waals surface area contributed by atoms with Gasteiger partial charge in [0, 0.05) is 11.4 Å². The Labute approximate surface area is 76.3 Å². The average molecular weight is 188 g/mol. The molecule has 0 spiro atoms. The maximum Gasteiger partial charge on any atom is 0.416 e. The summed E-state index contributed by atoms with van der Waals surface area (Å²) in [5, 5.41) is 2.52. The van der Waals surface area contributed by atoms with Crippen molar-refractivity contribution < 1.29 is 22.9 Å². The zero-order valence-corrected chi connectivity index (χ0v) is 7.14. The number of urea groups is 1. The van der Waals surface area contributed by atoms with Crippen LogP contribution in [0.3, 0.4) is 0 Å². The minimum Gasteiger partial charge on any atom is -1.00 e. The Kier molecular flexibility index (Phi) is 4.10. The molecule has 12 heavy (non-hydrogen) atoms. The highest BCUT2D eigenvalue weighted by molar-refractivity contribution is 5.81. The van der Waals surface area contributed by atoms with Crippen LogP contribution >= 0.6 is 0 Å². The van der Waals surface area contributed by atoms with Crippen LogP contribution in [0.4, 0.5) is 16.2 Å². The third-order valence-corrected chi connectivity index (χ3v) is 1.17. The van der Waals surface area contributed by atoms with Crippen molar-refractivity contribution in [2.75, 3.05) is 11.1 Å². The van der Waals surface area contributed by atoms with E-state index in [1.807, 2.05) is 0 Å². The Morgan fingerprint density at radius 2 is 2.17 bits per heavy atom. The van der Waals surface area contributed by atoms with Crippen molar-refractivity contribution in [3.8, 4) is 0 Å².